The fourth-order valence-corrected chi connectivity index (χ4v) is 2.11. The van der Waals surface area contributed by atoms with Crippen LogP contribution in [0.4, 0.5) is 5.95 Å². The third-order valence-electron chi connectivity index (χ3n) is 3.25. The van der Waals surface area contributed by atoms with Gasteiger partial charge in [-0.2, -0.15) is 0 Å². The summed E-state index contributed by atoms with van der Waals surface area (Å²) in [5.74, 6) is 0.840. The molecule has 0 saturated carbocycles. The highest BCUT2D eigenvalue weighted by atomic mass is 15.2. The lowest BCUT2D eigenvalue weighted by molar-refractivity contribution is 0.993. The fraction of sp³-hybridized carbons (Fsp3) is 0.125. The highest BCUT2D eigenvalue weighted by molar-refractivity contribution is 5.42. The molecule has 0 atom stereocenters. The molecule has 3 aromatic rings. The van der Waals surface area contributed by atoms with Crippen molar-refractivity contribution in [1.29, 1.82) is 0 Å². The first kappa shape index (κ1) is 12.4. The average Bonchev–Trinajstić information content (AvgIpc) is 2.96. The van der Waals surface area contributed by atoms with E-state index in [-0.39, 0.29) is 0 Å². The molecular weight excluding hydrogens is 248 g/mol. The topological polar surface area (TPSA) is 42.7 Å². The van der Waals surface area contributed by atoms with Crippen LogP contribution in [0, 0.1) is 6.92 Å². The van der Waals surface area contributed by atoms with E-state index in [9.17, 15) is 0 Å². The maximum Gasteiger partial charge on any atom is 0.207 e. The van der Waals surface area contributed by atoms with E-state index >= 15 is 0 Å². The normalized spacial score (nSPS) is 10.4. The molecule has 2 heterocycles. The lowest BCUT2D eigenvalue weighted by Crippen LogP contribution is -2.07. The highest BCUT2D eigenvalue weighted by Gasteiger charge is 2.05. The van der Waals surface area contributed by atoms with Crippen LogP contribution in [0.1, 0.15) is 11.1 Å². The van der Waals surface area contributed by atoms with Gasteiger partial charge in [0.15, 0.2) is 0 Å². The Morgan fingerprint density at radius 3 is 2.75 bits per heavy atom. The van der Waals surface area contributed by atoms with E-state index in [0.29, 0.717) is 0 Å². The van der Waals surface area contributed by atoms with Crippen LogP contribution in [0.15, 0.2) is 61.2 Å². The summed E-state index contributed by atoms with van der Waals surface area (Å²) >= 11 is 0. The number of para-hydroxylation sites is 1. The second kappa shape index (κ2) is 5.57. The second-order valence-electron chi connectivity index (χ2n) is 4.61. The molecule has 3 rings (SSSR count). The molecular formula is C16H16N4. The summed E-state index contributed by atoms with van der Waals surface area (Å²) in [4.78, 5) is 8.48. The van der Waals surface area contributed by atoms with Crippen LogP contribution in [0.25, 0.3) is 5.69 Å². The number of imidazole rings is 1. The van der Waals surface area contributed by atoms with Crippen molar-refractivity contribution in [2.45, 2.75) is 13.5 Å². The van der Waals surface area contributed by atoms with Gasteiger partial charge in [0.1, 0.15) is 0 Å². The zero-order valence-corrected chi connectivity index (χ0v) is 11.3. The average molecular weight is 264 g/mol. The first-order valence-corrected chi connectivity index (χ1v) is 6.57. The lowest BCUT2D eigenvalue weighted by Gasteiger charge is -2.11. The van der Waals surface area contributed by atoms with Crippen LogP contribution in [0.2, 0.25) is 0 Å². The van der Waals surface area contributed by atoms with Gasteiger partial charge in [0.25, 0.3) is 0 Å². The minimum absolute atomic E-state index is 0.734. The van der Waals surface area contributed by atoms with Crippen molar-refractivity contribution in [2.24, 2.45) is 0 Å². The molecule has 0 amide bonds. The number of pyridine rings is 1. The number of aromatic nitrogens is 3. The van der Waals surface area contributed by atoms with Gasteiger partial charge >= 0.3 is 0 Å². The molecule has 2 aromatic heterocycles. The number of nitrogens with one attached hydrogen (secondary N) is 1. The van der Waals surface area contributed by atoms with Crippen LogP contribution in [-0.2, 0) is 6.54 Å². The van der Waals surface area contributed by atoms with E-state index in [1.807, 2.05) is 47.4 Å². The Bertz CT molecular complexity index is 688. The Balaban J connectivity index is 1.80. The molecule has 100 valence electrons. The maximum atomic E-state index is 4.37. The molecule has 0 saturated heterocycles. The van der Waals surface area contributed by atoms with Gasteiger partial charge < -0.3 is 5.32 Å². The van der Waals surface area contributed by atoms with Crippen LogP contribution < -0.4 is 5.32 Å². The molecule has 20 heavy (non-hydrogen) atoms. The summed E-state index contributed by atoms with van der Waals surface area (Å²) in [6, 6.07) is 12.2. The molecule has 0 aliphatic heterocycles. The van der Waals surface area contributed by atoms with Crippen molar-refractivity contribution in [2.75, 3.05) is 5.32 Å². The smallest absolute Gasteiger partial charge is 0.207 e. The Labute approximate surface area is 118 Å². The van der Waals surface area contributed by atoms with Crippen LogP contribution >= 0.6 is 0 Å². The van der Waals surface area contributed by atoms with Gasteiger partial charge in [-0.05, 0) is 36.2 Å². The van der Waals surface area contributed by atoms with E-state index < -0.39 is 0 Å². The van der Waals surface area contributed by atoms with Crippen LogP contribution in [0.3, 0.4) is 0 Å². The first-order chi connectivity index (χ1) is 9.84. The molecule has 4 nitrogen and oxygen atoms in total. The SMILES string of the molecule is Cc1cnccc1CNc1nccn1-c1ccccc1. The monoisotopic (exact) mass is 264 g/mol. The molecule has 0 aliphatic carbocycles. The summed E-state index contributed by atoms with van der Waals surface area (Å²) in [7, 11) is 0. The number of anilines is 1. The van der Waals surface area contributed by atoms with E-state index in [4.69, 9.17) is 0 Å². The Hall–Kier alpha value is -2.62. The van der Waals surface area contributed by atoms with Gasteiger partial charge in [0, 0.05) is 37.0 Å². The summed E-state index contributed by atoms with van der Waals surface area (Å²) in [5, 5.41) is 3.37. The molecule has 0 bridgehead atoms. The van der Waals surface area contributed by atoms with Gasteiger partial charge in [-0.15, -0.1) is 0 Å². The van der Waals surface area contributed by atoms with Gasteiger partial charge in [0.05, 0.1) is 0 Å². The predicted molar refractivity (Wildman–Crippen MR) is 79.9 cm³/mol. The summed E-state index contributed by atoms with van der Waals surface area (Å²) in [5.41, 5.74) is 3.50. The number of rotatable bonds is 4. The van der Waals surface area contributed by atoms with E-state index in [1.165, 1.54) is 11.1 Å². The third-order valence-corrected chi connectivity index (χ3v) is 3.25. The largest absolute Gasteiger partial charge is 0.351 e. The second-order valence-corrected chi connectivity index (χ2v) is 4.61. The van der Waals surface area contributed by atoms with Gasteiger partial charge in [-0.3, -0.25) is 9.55 Å². The molecule has 0 spiro atoms. The Morgan fingerprint density at radius 1 is 1.10 bits per heavy atom. The van der Waals surface area contributed by atoms with Gasteiger partial charge in [-0.25, -0.2) is 4.98 Å². The van der Waals surface area contributed by atoms with Gasteiger partial charge in [-0.1, -0.05) is 18.2 Å². The maximum absolute atomic E-state index is 4.37. The highest BCUT2D eigenvalue weighted by Crippen LogP contribution is 2.15. The fourth-order valence-electron chi connectivity index (χ4n) is 2.11. The third kappa shape index (κ3) is 2.54. The molecule has 0 unspecified atom stereocenters. The Morgan fingerprint density at radius 2 is 1.95 bits per heavy atom. The van der Waals surface area contributed by atoms with E-state index in [1.54, 1.807) is 6.20 Å². The molecule has 4 heteroatoms. The minimum Gasteiger partial charge on any atom is -0.351 e. The van der Waals surface area contributed by atoms with Crippen molar-refractivity contribution in [3.8, 4) is 5.69 Å². The zero-order valence-electron chi connectivity index (χ0n) is 11.3. The summed E-state index contributed by atoms with van der Waals surface area (Å²) < 4.78 is 2.04. The number of aryl methyl sites for hydroxylation is 1. The lowest BCUT2D eigenvalue weighted by atomic mass is 10.1. The molecule has 1 N–H and O–H groups in total. The number of hydrogen-bond donors (Lipinski definition) is 1. The summed E-state index contributed by atoms with van der Waals surface area (Å²) in [6.07, 6.45) is 7.44. The van der Waals surface area contributed by atoms with Crippen molar-refractivity contribution in [3.63, 3.8) is 0 Å². The van der Waals surface area contributed by atoms with E-state index in [0.717, 1.165) is 18.2 Å². The van der Waals surface area contributed by atoms with Crippen molar-refractivity contribution >= 4 is 5.95 Å². The van der Waals surface area contributed by atoms with Crippen molar-refractivity contribution in [3.05, 3.63) is 72.3 Å². The first-order valence-electron chi connectivity index (χ1n) is 6.57. The quantitative estimate of drug-likeness (QED) is 0.787. The van der Waals surface area contributed by atoms with Crippen LogP contribution in [0.5, 0.6) is 0 Å². The van der Waals surface area contributed by atoms with E-state index in [2.05, 4.69) is 34.3 Å². The number of benzene rings is 1. The number of hydrogen-bond acceptors (Lipinski definition) is 3. The van der Waals surface area contributed by atoms with Crippen molar-refractivity contribution in [1.82, 2.24) is 14.5 Å². The molecule has 0 radical (unpaired) electrons. The van der Waals surface area contributed by atoms with Gasteiger partial charge in [0.2, 0.25) is 5.95 Å². The zero-order chi connectivity index (χ0) is 13.8. The molecule has 0 fully saturated rings. The molecule has 1 aromatic carbocycles. The number of nitrogens with zero attached hydrogens (tertiary/aromatic N) is 3. The van der Waals surface area contributed by atoms with Crippen LogP contribution in [-0.4, -0.2) is 14.5 Å². The predicted octanol–water partition coefficient (Wildman–Crippen LogP) is 3.19. The van der Waals surface area contributed by atoms with Crippen molar-refractivity contribution < 1.29 is 0 Å². The standard InChI is InChI=1S/C16H16N4/c1-13-11-17-8-7-14(13)12-19-16-18-9-10-20(16)15-5-3-2-4-6-15/h2-11H,12H2,1H3,(H,18,19). The molecule has 0 aliphatic rings. The minimum atomic E-state index is 0.734. The summed E-state index contributed by atoms with van der Waals surface area (Å²) in [6.45, 7) is 2.80. The Kier molecular flexibility index (Phi) is 3.46.